The minimum atomic E-state index is -0.441. The maximum atomic E-state index is 6.15. The zero-order valence-electron chi connectivity index (χ0n) is 33.4. The number of aromatic nitrogens is 1. The predicted molar refractivity (Wildman–Crippen MR) is 251 cm³/mol. The molecule has 7 aromatic carbocycles. The van der Waals surface area contributed by atoms with E-state index < -0.39 is 5.41 Å². The second-order valence-corrected chi connectivity index (χ2v) is 16.5. The number of hydrogen-bond donors (Lipinski definition) is 1. The summed E-state index contributed by atoms with van der Waals surface area (Å²) in [5.41, 5.74) is 26.2. The standard InChI is InChI=1S/C57H43N3/c58-36-59-51(39-19-6-2-7-20-39)35-46(37-16-4-1-5-17-37)40-28-30-45-53(34-40)60(41-21-8-3-9-22-41)52-33-32-50-56(55(45)52)54-42-23-11-10-18-38(42)29-31-49(54)57(50)47-26-14-12-24-43(47)44-25-13-15-27-48(44)57/h1-6,8-19,21-33,35,40H,7,20,34,36,58H2/b46-35-,59-51+. The summed E-state index contributed by atoms with van der Waals surface area (Å²) in [6.07, 6.45) is 16.6. The fourth-order valence-corrected chi connectivity index (χ4v) is 11.1. The lowest BCUT2D eigenvalue weighted by molar-refractivity contribution is 0.772. The number of para-hydroxylation sites is 1. The van der Waals surface area contributed by atoms with Crippen LogP contribution in [-0.4, -0.2) is 16.9 Å². The molecule has 0 bridgehead atoms. The van der Waals surface area contributed by atoms with Crippen LogP contribution in [-0.2, 0) is 11.8 Å². The molecule has 0 saturated carbocycles. The summed E-state index contributed by atoms with van der Waals surface area (Å²) in [6, 6.07) is 58.7. The first kappa shape index (κ1) is 34.9. The van der Waals surface area contributed by atoms with Gasteiger partial charge in [-0.15, -0.1) is 0 Å². The molecule has 1 unspecified atom stereocenters. The lowest BCUT2D eigenvalue weighted by Gasteiger charge is -2.30. The highest BCUT2D eigenvalue weighted by molar-refractivity contribution is 6.16. The van der Waals surface area contributed by atoms with Crippen LogP contribution in [0.25, 0.3) is 61.3 Å². The van der Waals surface area contributed by atoms with E-state index in [0.717, 1.165) is 25.0 Å². The smallest absolute Gasteiger partial charge is 0.0866 e. The fraction of sp³-hybridized carbons (Fsp3) is 0.105. The normalized spacial score (nSPS) is 17.1. The Hall–Kier alpha value is -7.07. The predicted octanol–water partition coefficient (Wildman–Crippen LogP) is 13.0. The molecule has 12 rings (SSSR count). The summed E-state index contributed by atoms with van der Waals surface area (Å²) in [6.45, 7) is 0.250. The Morgan fingerprint density at radius 3 is 2.13 bits per heavy atom. The number of benzene rings is 7. The Bertz CT molecular complexity index is 3160. The highest BCUT2D eigenvalue weighted by Gasteiger charge is 2.53. The van der Waals surface area contributed by atoms with Gasteiger partial charge in [-0.1, -0.05) is 170 Å². The van der Waals surface area contributed by atoms with E-state index >= 15 is 0 Å². The average molecular weight is 770 g/mol. The summed E-state index contributed by atoms with van der Waals surface area (Å²) in [5.74, 6) is 0.107. The van der Waals surface area contributed by atoms with Crippen molar-refractivity contribution in [3.05, 3.63) is 233 Å². The Balaban J connectivity index is 1.16. The summed E-state index contributed by atoms with van der Waals surface area (Å²) >= 11 is 0. The fourth-order valence-electron chi connectivity index (χ4n) is 11.1. The van der Waals surface area contributed by atoms with Gasteiger partial charge in [0.25, 0.3) is 0 Å². The van der Waals surface area contributed by atoms with Gasteiger partial charge in [0.1, 0.15) is 0 Å². The molecule has 60 heavy (non-hydrogen) atoms. The Kier molecular flexibility index (Phi) is 8.01. The van der Waals surface area contributed by atoms with Gasteiger partial charge in [0, 0.05) is 28.2 Å². The van der Waals surface area contributed by atoms with Gasteiger partial charge < -0.3 is 10.3 Å². The lowest BCUT2D eigenvalue weighted by Crippen LogP contribution is -2.25. The molecule has 0 radical (unpaired) electrons. The van der Waals surface area contributed by atoms with Crippen LogP contribution in [0.4, 0.5) is 0 Å². The van der Waals surface area contributed by atoms with Crippen molar-refractivity contribution < 1.29 is 0 Å². The Labute approximate surface area is 350 Å². The highest BCUT2D eigenvalue weighted by atomic mass is 15.0. The maximum absolute atomic E-state index is 6.15. The van der Waals surface area contributed by atoms with Crippen molar-refractivity contribution >= 4 is 39.0 Å². The van der Waals surface area contributed by atoms with Crippen LogP contribution in [0.1, 0.15) is 51.9 Å². The van der Waals surface area contributed by atoms with Gasteiger partial charge in [-0.05, 0) is 116 Å². The molecule has 4 aliphatic rings. The van der Waals surface area contributed by atoms with Crippen molar-refractivity contribution in [2.75, 3.05) is 6.67 Å². The van der Waals surface area contributed by atoms with Crippen LogP contribution < -0.4 is 5.73 Å². The van der Waals surface area contributed by atoms with Gasteiger partial charge in [0.2, 0.25) is 0 Å². The second kappa shape index (κ2) is 13.8. The van der Waals surface area contributed by atoms with E-state index in [1.807, 2.05) is 0 Å². The maximum Gasteiger partial charge on any atom is 0.0866 e. The largest absolute Gasteiger partial charge is 0.313 e. The molecular weight excluding hydrogens is 727 g/mol. The van der Waals surface area contributed by atoms with Gasteiger partial charge in [-0.3, -0.25) is 4.99 Å². The topological polar surface area (TPSA) is 43.3 Å². The van der Waals surface area contributed by atoms with Gasteiger partial charge in [-0.25, -0.2) is 0 Å². The van der Waals surface area contributed by atoms with Crippen LogP contribution in [0.2, 0.25) is 0 Å². The Morgan fingerprint density at radius 2 is 1.38 bits per heavy atom. The summed E-state index contributed by atoms with van der Waals surface area (Å²) in [4.78, 5) is 4.89. The number of rotatable bonds is 6. The molecule has 0 amide bonds. The summed E-state index contributed by atoms with van der Waals surface area (Å²) < 4.78 is 2.56. The average Bonchev–Trinajstić information content (AvgIpc) is 3.93. The van der Waals surface area contributed by atoms with E-state index in [2.05, 4.69) is 199 Å². The molecule has 1 atom stereocenters. The molecule has 2 N–H and O–H groups in total. The molecule has 1 heterocycles. The van der Waals surface area contributed by atoms with E-state index in [-0.39, 0.29) is 12.6 Å². The first-order chi connectivity index (χ1) is 29.8. The minimum Gasteiger partial charge on any atom is -0.313 e. The highest BCUT2D eigenvalue weighted by Crippen LogP contribution is 2.65. The van der Waals surface area contributed by atoms with E-state index in [1.165, 1.54) is 99.8 Å². The zero-order chi connectivity index (χ0) is 39.8. The van der Waals surface area contributed by atoms with Crippen molar-refractivity contribution in [1.82, 2.24) is 4.57 Å². The number of aliphatic imine (C=N–C) groups is 1. The first-order valence-corrected chi connectivity index (χ1v) is 21.3. The molecule has 1 spiro atoms. The molecule has 8 aromatic rings. The third kappa shape index (κ3) is 4.96. The van der Waals surface area contributed by atoms with E-state index in [0.29, 0.717) is 0 Å². The third-order valence-corrected chi connectivity index (χ3v) is 13.5. The molecular formula is C57H43N3. The minimum absolute atomic E-state index is 0.107. The van der Waals surface area contributed by atoms with Gasteiger partial charge in [0.15, 0.2) is 0 Å². The van der Waals surface area contributed by atoms with Crippen molar-refractivity contribution in [2.45, 2.75) is 24.7 Å². The quantitative estimate of drug-likeness (QED) is 0.168. The molecule has 3 heteroatoms. The van der Waals surface area contributed by atoms with Crippen molar-refractivity contribution in [3.8, 4) is 27.9 Å². The zero-order valence-corrected chi connectivity index (χ0v) is 33.4. The van der Waals surface area contributed by atoms with Gasteiger partial charge in [0.05, 0.1) is 23.3 Å². The molecule has 0 aliphatic heterocycles. The molecule has 1 aromatic heterocycles. The van der Waals surface area contributed by atoms with Crippen molar-refractivity contribution in [2.24, 2.45) is 16.6 Å². The monoisotopic (exact) mass is 769 g/mol. The number of nitrogens with two attached hydrogens (primary N) is 1. The van der Waals surface area contributed by atoms with Crippen LogP contribution in [0.3, 0.4) is 0 Å². The number of hydrogen-bond acceptors (Lipinski definition) is 2. The van der Waals surface area contributed by atoms with Gasteiger partial charge in [-0.2, -0.15) is 0 Å². The Morgan fingerprint density at radius 1 is 0.700 bits per heavy atom. The molecule has 0 fully saturated rings. The van der Waals surface area contributed by atoms with Crippen LogP contribution in [0.5, 0.6) is 0 Å². The third-order valence-electron chi connectivity index (χ3n) is 13.5. The second-order valence-electron chi connectivity index (χ2n) is 16.5. The van der Waals surface area contributed by atoms with Crippen LogP contribution >= 0.6 is 0 Å². The number of allylic oxidation sites excluding steroid dienone is 7. The van der Waals surface area contributed by atoms with Crippen molar-refractivity contribution in [3.63, 3.8) is 0 Å². The van der Waals surface area contributed by atoms with E-state index in [1.54, 1.807) is 0 Å². The first-order valence-electron chi connectivity index (χ1n) is 21.3. The van der Waals surface area contributed by atoms with Crippen LogP contribution in [0.15, 0.2) is 199 Å². The molecule has 0 saturated heterocycles. The van der Waals surface area contributed by atoms with Gasteiger partial charge >= 0.3 is 0 Å². The molecule has 4 aliphatic carbocycles. The number of nitrogens with zero attached hydrogens (tertiary/aromatic N) is 2. The molecule has 286 valence electrons. The SMILES string of the molecule is NC/N=C(\C=C(\c1ccccc1)C1C=Cc2c(n(-c3ccccc3)c3ccc4c(c23)-c2c(ccc3ccccc23)C42c3ccccc3-c3ccccc32)C1)C1=CC=CCC1. The molecule has 3 nitrogen and oxygen atoms in total. The lowest BCUT2D eigenvalue weighted by atomic mass is 9.70. The van der Waals surface area contributed by atoms with E-state index in [9.17, 15) is 0 Å². The van der Waals surface area contributed by atoms with Crippen LogP contribution in [0, 0.1) is 5.92 Å². The van der Waals surface area contributed by atoms with E-state index in [4.69, 9.17) is 10.7 Å². The number of fused-ring (bicyclic) bond motifs is 16. The summed E-state index contributed by atoms with van der Waals surface area (Å²) in [5, 5.41) is 3.89. The summed E-state index contributed by atoms with van der Waals surface area (Å²) in [7, 11) is 0. The van der Waals surface area contributed by atoms with Crippen molar-refractivity contribution in [1.29, 1.82) is 0 Å².